The lowest BCUT2D eigenvalue weighted by atomic mass is 9.90. The summed E-state index contributed by atoms with van der Waals surface area (Å²) >= 11 is 7.32. The van der Waals surface area contributed by atoms with Gasteiger partial charge in [0.25, 0.3) is 0 Å². The Morgan fingerprint density at radius 1 is 1.24 bits per heavy atom. The Balaban J connectivity index is 1.41. The van der Waals surface area contributed by atoms with Gasteiger partial charge in [-0.05, 0) is 29.8 Å². The van der Waals surface area contributed by atoms with Gasteiger partial charge in [-0.2, -0.15) is 5.10 Å². The average Bonchev–Trinajstić information content (AvgIpc) is 3.32. The van der Waals surface area contributed by atoms with Gasteiger partial charge in [0.15, 0.2) is 6.29 Å². The van der Waals surface area contributed by atoms with E-state index >= 15 is 0 Å². The molecule has 1 saturated heterocycles. The van der Waals surface area contributed by atoms with E-state index in [9.17, 15) is 13.9 Å². The largest absolute Gasteiger partial charge is 0.382 e. The van der Waals surface area contributed by atoms with Crippen LogP contribution in [0.5, 0.6) is 0 Å². The lowest BCUT2D eigenvalue weighted by Crippen LogP contribution is -2.43. The normalized spacial score (nSPS) is 21.4. The number of benzene rings is 2. The molecule has 0 radical (unpaired) electrons. The summed E-state index contributed by atoms with van der Waals surface area (Å²) in [5.74, 6) is -1.53. The van der Waals surface area contributed by atoms with Crippen LogP contribution < -0.4 is 0 Å². The van der Waals surface area contributed by atoms with Crippen LogP contribution in [0, 0.1) is 11.6 Å². The van der Waals surface area contributed by atoms with Crippen molar-refractivity contribution in [3.8, 4) is 0 Å². The predicted octanol–water partition coefficient (Wildman–Crippen LogP) is 4.67. The van der Waals surface area contributed by atoms with Gasteiger partial charge in [-0.1, -0.05) is 42.8 Å². The first kappa shape index (κ1) is 24.8. The molecule has 2 heterocycles. The summed E-state index contributed by atoms with van der Waals surface area (Å²) in [4.78, 5) is 3.89. The van der Waals surface area contributed by atoms with E-state index in [1.54, 1.807) is 6.92 Å². The second-order valence-corrected chi connectivity index (χ2v) is 10.1. The first-order chi connectivity index (χ1) is 16.3. The van der Waals surface area contributed by atoms with Crippen LogP contribution in [0.2, 0.25) is 5.02 Å². The number of aliphatic hydroxyl groups is 1. The van der Waals surface area contributed by atoms with E-state index in [0.29, 0.717) is 18.2 Å². The zero-order valence-corrected chi connectivity index (χ0v) is 19.9. The summed E-state index contributed by atoms with van der Waals surface area (Å²) in [5.41, 5.74) is -0.714. The van der Waals surface area contributed by atoms with Gasteiger partial charge in [0.1, 0.15) is 29.9 Å². The molecule has 3 aromatic rings. The Morgan fingerprint density at radius 3 is 2.62 bits per heavy atom. The number of hydrogen-bond donors (Lipinski definition) is 1. The van der Waals surface area contributed by atoms with Crippen molar-refractivity contribution in [2.45, 2.75) is 35.9 Å². The fourth-order valence-electron chi connectivity index (χ4n) is 3.69. The summed E-state index contributed by atoms with van der Waals surface area (Å²) in [7, 11) is 0. The topological polar surface area (TPSA) is 69.4 Å². The van der Waals surface area contributed by atoms with Gasteiger partial charge in [0.2, 0.25) is 0 Å². The summed E-state index contributed by atoms with van der Waals surface area (Å²) < 4.78 is 41.3. The van der Waals surface area contributed by atoms with Gasteiger partial charge in [-0.3, -0.25) is 0 Å². The van der Waals surface area contributed by atoms with E-state index in [1.165, 1.54) is 35.2 Å². The molecule has 2 aromatic carbocycles. The van der Waals surface area contributed by atoms with E-state index < -0.39 is 28.8 Å². The van der Waals surface area contributed by atoms with E-state index in [2.05, 4.69) is 10.1 Å². The molecule has 1 aliphatic heterocycles. The lowest BCUT2D eigenvalue weighted by molar-refractivity contribution is -0.146. The molecule has 2 atom stereocenters. The van der Waals surface area contributed by atoms with Crippen LogP contribution in [0.4, 0.5) is 8.78 Å². The second kappa shape index (κ2) is 11.0. The number of aromatic nitrogens is 3. The molecule has 1 aromatic heterocycles. The third-order valence-electron chi connectivity index (χ3n) is 5.54. The van der Waals surface area contributed by atoms with Crippen molar-refractivity contribution in [1.29, 1.82) is 0 Å². The first-order valence-corrected chi connectivity index (χ1v) is 12.0. The fraction of sp³-hybridized carbons (Fsp3) is 0.333. The number of rotatable bonds is 8. The summed E-state index contributed by atoms with van der Waals surface area (Å²) in [5, 5.41) is 15.7. The average molecular weight is 508 g/mol. The summed E-state index contributed by atoms with van der Waals surface area (Å²) in [6, 6.07) is 10.6. The van der Waals surface area contributed by atoms with Gasteiger partial charge < -0.3 is 14.6 Å². The van der Waals surface area contributed by atoms with Crippen LogP contribution in [0.3, 0.4) is 0 Å². The monoisotopic (exact) mass is 507 g/mol. The molecule has 0 unspecified atom stereocenters. The molecular formula is C24H24ClF2N3O3S. The molecule has 1 N–H and O–H groups in total. The quantitative estimate of drug-likeness (QED) is 0.477. The minimum Gasteiger partial charge on any atom is -0.382 e. The van der Waals surface area contributed by atoms with Crippen LogP contribution >= 0.6 is 23.4 Å². The van der Waals surface area contributed by atoms with Gasteiger partial charge in [-0.15, -0.1) is 11.8 Å². The van der Waals surface area contributed by atoms with Crippen molar-refractivity contribution in [1.82, 2.24) is 14.8 Å². The van der Waals surface area contributed by atoms with Crippen molar-refractivity contribution in [2.75, 3.05) is 13.2 Å². The zero-order valence-electron chi connectivity index (χ0n) is 18.4. The molecule has 0 amide bonds. The molecule has 1 fully saturated rings. The number of thioether (sulfide) groups is 1. The van der Waals surface area contributed by atoms with Crippen LogP contribution in [-0.4, -0.2) is 49.9 Å². The highest BCUT2D eigenvalue weighted by atomic mass is 35.5. The fourth-order valence-corrected chi connectivity index (χ4v) is 5.13. The van der Waals surface area contributed by atoms with Crippen molar-refractivity contribution in [2.24, 2.45) is 0 Å². The number of hydrogen-bond acceptors (Lipinski definition) is 6. The van der Waals surface area contributed by atoms with Crippen LogP contribution in [0.1, 0.15) is 18.1 Å². The molecule has 10 heteroatoms. The second-order valence-electron chi connectivity index (χ2n) is 7.99. The summed E-state index contributed by atoms with van der Waals surface area (Å²) in [6.07, 6.45) is 5.99. The van der Waals surface area contributed by atoms with Gasteiger partial charge in [-0.25, -0.2) is 18.4 Å². The maximum atomic E-state index is 14.7. The Kier molecular flexibility index (Phi) is 8.00. The summed E-state index contributed by atoms with van der Waals surface area (Å²) in [6.45, 7) is 2.51. The third kappa shape index (κ3) is 6.03. The van der Waals surface area contributed by atoms with Crippen LogP contribution in [-0.2, 0) is 21.6 Å². The van der Waals surface area contributed by atoms with Crippen molar-refractivity contribution < 1.29 is 23.4 Å². The van der Waals surface area contributed by atoms with Gasteiger partial charge >= 0.3 is 0 Å². The Morgan fingerprint density at radius 2 is 1.97 bits per heavy atom. The minimum atomic E-state index is -1.68. The molecule has 4 rings (SSSR count). The molecule has 34 heavy (non-hydrogen) atoms. The first-order valence-electron chi connectivity index (χ1n) is 10.7. The van der Waals surface area contributed by atoms with Crippen LogP contribution in [0.15, 0.2) is 61.2 Å². The van der Waals surface area contributed by atoms with E-state index in [0.717, 1.165) is 17.7 Å². The molecule has 1 aliphatic rings. The maximum absolute atomic E-state index is 14.7. The maximum Gasteiger partial charge on any atom is 0.177 e. The Bertz CT molecular complexity index is 1110. The predicted molar refractivity (Wildman–Crippen MR) is 127 cm³/mol. The van der Waals surface area contributed by atoms with Crippen molar-refractivity contribution >= 4 is 29.4 Å². The van der Waals surface area contributed by atoms with Crippen LogP contribution in [0.25, 0.3) is 6.08 Å². The number of halogens is 3. The van der Waals surface area contributed by atoms with Crippen molar-refractivity contribution in [3.63, 3.8) is 0 Å². The molecule has 0 bridgehead atoms. The molecule has 180 valence electrons. The van der Waals surface area contributed by atoms with E-state index in [4.69, 9.17) is 21.1 Å². The molecule has 0 saturated carbocycles. The molecule has 6 nitrogen and oxygen atoms in total. The minimum absolute atomic E-state index is 0.00850. The lowest BCUT2D eigenvalue weighted by Gasteiger charge is -2.37. The highest BCUT2D eigenvalue weighted by Crippen LogP contribution is 2.38. The van der Waals surface area contributed by atoms with E-state index in [-0.39, 0.29) is 17.4 Å². The van der Waals surface area contributed by atoms with Gasteiger partial charge in [0, 0.05) is 21.9 Å². The third-order valence-corrected chi connectivity index (χ3v) is 7.25. The highest BCUT2D eigenvalue weighted by Gasteiger charge is 2.41. The Labute approximate surface area is 205 Å². The highest BCUT2D eigenvalue weighted by molar-refractivity contribution is 8.00. The molecule has 0 aliphatic carbocycles. The SMILES string of the molecule is C[C@@H](S[C@H]1CO[C@H](C=Cc2ccc(Cl)cc2)OC1)[C@](O)(Cn1cncn1)c1ccc(F)cc1F. The Hall–Kier alpha value is -2.30. The van der Waals surface area contributed by atoms with Gasteiger partial charge in [0.05, 0.1) is 25.0 Å². The molecular weight excluding hydrogens is 484 g/mol. The molecule has 0 spiro atoms. The van der Waals surface area contributed by atoms with E-state index in [1.807, 2.05) is 36.4 Å². The number of ether oxygens (including phenoxy) is 2. The van der Waals surface area contributed by atoms with Crippen molar-refractivity contribution in [3.05, 3.63) is 89.0 Å². The smallest absolute Gasteiger partial charge is 0.177 e. The standard InChI is InChI=1S/C24H24ClF2N3O3S/c1-16(24(31,13-30-15-28-14-29-30)21-8-7-19(26)10-22(21)27)34-20-11-32-23(33-12-20)9-4-17-2-5-18(25)6-3-17/h2-10,14-16,20,23,31H,11-13H2,1H3/t16-,20-,23-,24-/m1/s1. The number of nitrogens with zero attached hydrogens (tertiary/aromatic N) is 3. The zero-order chi connectivity index (χ0) is 24.1.